The number of hydrogen-bond donors (Lipinski definition) is 0. The zero-order chi connectivity index (χ0) is 23.4. The van der Waals surface area contributed by atoms with Crippen molar-refractivity contribution in [3.63, 3.8) is 0 Å². The highest BCUT2D eigenvalue weighted by Crippen LogP contribution is 2.36. The molecule has 1 aromatic heterocycles. The molecule has 0 radical (unpaired) electrons. The van der Waals surface area contributed by atoms with Crippen LogP contribution in [0, 0.1) is 0 Å². The monoisotopic (exact) mass is 491 g/mol. The molecule has 0 spiro atoms. The van der Waals surface area contributed by atoms with Gasteiger partial charge < -0.3 is 18.9 Å². The van der Waals surface area contributed by atoms with Gasteiger partial charge in [0, 0.05) is 29.8 Å². The molecule has 4 atom stereocenters. The standard InChI is InChI=1S/C18H18BrClN2O7/c1-8(23)27-14-7-26-17(16(29-10(3)25)15(14)28-9(2)24)22-13-5-4-11(20)6-12(13)21-18(22)19/h4-6,14-17H,7H2,1-3H3/t14-,15-,16-,17?/m1/s1/i1D,2D,3D. The smallest absolute Gasteiger partial charge is 0.303 e. The van der Waals surface area contributed by atoms with Gasteiger partial charge in [0.15, 0.2) is 29.3 Å². The molecule has 1 unspecified atom stereocenters. The number of carbonyl (C=O) groups excluding carboxylic acids is 3. The second-order valence-electron chi connectivity index (χ2n) is 6.05. The summed E-state index contributed by atoms with van der Waals surface area (Å²) < 4.78 is 45.2. The summed E-state index contributed by atoms with van der Waals surface area (Å²) in [6, 6.07) is 4.90. The van der Waals surface area contributed by atoms with Gasteiger partial charge in [-0.1, -0.05) is 11.6 Å². The molecule has 0 aliphatic carbocycles. The third kappa shape index (κ3) is 4.71. The van der Waals surface area contributed by atoms with E-state index in [1.54, 1.807) is 18.2 Å². The van der Waals surface area contributed by atoms with E-state index in [0.717, 1.165) is 0 Å². The Hall–Kier alpha value is -2.17. The second kappa shape index (κ2) is 8.68. The summed E-state index contributed by atoms with van der Waals surface area (Å²) in [6.07, 6.45) is -5.01. The molecule has 1 fully saturated rings. The minimum Gasteiger partial charge on any atom is -0.456 e. The summed E-state index contributed by atoms with van der Waals surface area (Å²) in [5.41, 5.74) is 1.05. The third-order valence-corrected chi connectivity index (χ3v) is 4.88. The van der Waals surface area contributed by atoms with E-state index < -0.39 is 63.1 Å². The molecule has 2 aromatic rings. The molecule has 3 rings (SSSR count). The Balaban J connectivity index is 2.07. The van der Waals surface area contributed by atoms with E-state index in [2.05, 4.69) is 20.9 Å². The van der Waals surface area contributed by atoms with Crippen LogP contribution in [0.1, 0.15) is 31.0 Å². The third-order valence-electron chi connectivity index (χ3n) is 4.08. The van der Waals surface area contributed by atoms with Crippen LogP contribution in [0.15, 0.2) is 22.9 Å². The lowest BCUT2D eigenvalue weighted by Crippen LogP contribution is -2.55. The van der Waals surface area contributed by atoms with Crippen LogP contribution in [0.4, 0.5) is 0 Å². The average molecular weight is 493 g/mol. The quantitative estimate of drug-likeness (QED) is 0.474. The Bertz CT molecular complexity index is 1020. The zero-order valence-corrected chi connectivity index (χ0v) is 17.2. The second-order valence-corrected chi connectivity index (χ2v) is 7.19. The van der Waals surface area contributed by atoms with Crippen LogP contribution in [0.2, 0.25) is 5.02 Å². The van der Waals surface area contributed by atoms with Gasteiger partial charge >= 0.3 is 17.9 Å². The highest BCUT2D eigenvalue weighted by Gasteiger charge is 2.48. The molecule has 29 heavy (non-hydrogen) atoms. The fraction of sp³-hybridized carbons (Fsp3) is 0.444. The number of imidazole rings is 1. The highest BCUT2D eigenvalue weighted by atomic mass is 79.9. The minimum atomic E-state index is -1.36. The van der Waals surface area contributed by atoms with Gasteiger partial charge in [-0.2, -0.15) is 0 Å². The predicted molar refractivity (Wildman–Crippen MR) is 104 cm³/mol. The lowest BCUT2D eigenvalue weighted by molar-refractivity contribution is -0.239. The van der Waals surface area contributed by atoms with Crippen LogP contribution >= 0.6 is 27.5 Å². The van der Waals surface area contributed by atoms with Gasteiger partial charge in [0.1, 0.15) is 0 Å². The molecule has 1 saturated heterocycles. The van der Waals surface area contributed by atoms with E-state index in [9.17, 15) is 14.4 Å². The number of benzene rings is 1. The lowest BCUT2D eigenvalue weighted by Gasteiger charge is -2.41. The minimum absolute atomic E-state index is 0.263. The van der Waals surface area contributed by atoms with Gasteiger partial charge in [-0.15, -0.1) is 0 Å². The van der Waals surface area contributed by atoms with Crippen molar-refractivity contribution in [2.75, 3.05) is 6.61 Å². The van der Waals surface area contributed by atoms with Crippen LogP contribution in [0.3, 0.4) is 0 Å². The number of hydrogen-bond acceptors (Lipinski definition) is 8. The van der Waals surface area contributed by atoms with Crippen molar-refractivity contribution in [2.24, 2.45) is 0 Å². The van der Waals surface area contributed by atoms with Gasteiger partial charge in [0.05, 0.1) is 17.6 Å². The number of halogens is 2. The highest BCUT2D eigenvalue weighted by molar-refractivity contribution is 9.10. The number of carbonyl (C=O) groups is 3. The van der Waals surface area contributed by atoms with Crippen LogP contribution in [-0.4, -0.2) is 52.4 Å². The van der Waals surface area contributed by atoms with E-state index >= 15 is 0 Å². The molecule has 9 nitrogen and oxygen atoms in total. The summed E-state index contributed by atoms with van der Waals surface area (Å²) in [6.45, 7) is -2.40. The van der Waals surface area contributed by atoms with Crippen molar-refractivity contribution in [3.8, 4) is 0 Å². The van der Waals surface area contributed by atoms with Crippen molar-refractivity contribution in [2.45, 2.75) is 45.2 Å². The van der Waals surface area contributed by atoms with Crippen LogP contribution in [0.5, 0.6) is 0 Å². The molecule has 2 heterocycles. The van der Waals surface area contributed by atoms with Crippen molar-refractivity contribution >= 4 is 56.5 Å². The first-order valence-corrected chi connectivity index (χ1v) is 9.36. The molecule has 0 amide bonds. The van der Waals surface area contributed by atoms with E-state index in [1.807, 2.05) is 0 Å². The van der Waals surface area contributed by atoms with E-state index in [1.165, 1.54) is 4.57 Å². The number of fused-ring (bicyclic) bond motifs is 1. The van der Waals surface area contributed by atoms with Gasteiger partial charge in [-0.25, -0.2) is 4.98 Å². The first-order valence-electron chi connectivity index (χ1n) is 10.3. The molecule has 1 aliphatic rings. The summed E-state index contributed by atoms with van der Waals surface area (Å²) in [7, 11) is 0. The number of aromatic nitrogens is 2. The summed E-state index contributed by atoms with van der Waals surface area (Å²) >= 11 is 9.37. The van der Waals surface area contributed by atoms with Crippen molar-refractivity contribution in [1.82, 2.24) is 9.55 Å². The molecule has 156 valence electrons. The maximum absolute atomic E-state index is 12.0. The van der Waals surface area contributed by atoms with Crippen molar-refractivity contribution in [1.29, 1.82) is 0 Å². The number of ether oxygens (including phenoxy) is 4. The Kier molecular flexibility index (Phi) is 5.29. The predicted octanol–water partition coefficient (Wildman–Crippen LogP) is 2.78. The number of esters is 3. The first kappa shape index (κ1) is 17.7. The first-order chi connectivity index (χ1) is 15.3. The summed E-state index contributed by atoms with van der Waals surface area (Å²) in [5, 5.41) is 0.445. The molecule has 0 N–H and O–H groups in total. The molecule has 1 aliphatic heterocycles. The number of nitrogens with zero attached hydrogens (tertiary/aromatic N) is 2. The van der Waals surface area contributed by atoms with E-state index in [0.29, 0.717) is 20.8 Å². The van der Waals surface area contributed by atoms with E-state index in [4.69, 9.17) is 34.7 Å². The van der Waals surface area contributed by atoms with Crippen molar-refractivity contribution < 1.29 is 37.4 Å². The normalized spacial score (nSPS) is 25.5. The SMILES string of the molecule is [2H]CC(=O)O[C@@H]1[C@H](OC(=O)C[2H])COC(n2c(Br)nc3cc(Cl)ccc32)[C@@H]1OC(=O)C[2H]. The van der Waals surface area contributed by atoms with Gasteiger partial charge in [-0.05, 0) is 34.1 Å². The number of rotatable bonds is 4. The van der Waals surface area contributed by atoms with Crippen molar-refractivity contribution in [3.05, 3.63) is 28.0 Å². The maximum atomic E-state index is 12.0. The Morgan fingerprint density at radius 1 is 1.17 bits per heavy atom. The fourth-order valence-electron chi connectivity index (χ4n) is 3.10. The van der Waals surface area contributed by atoms with Gasteiger partial charge in [0.25, 0.3) is 0 Å². The van der Waals surface area contributed by atoms with Gasteiger partial charge in [-0.3, -0.25) is 19.0 Å². The summed E-state index contributed by atoms with van der Waals surface area (Å²) in [5.74, 6) is -2.79. The topological polar surface area (TPSA) is 106 Å². The molecular weight excluding hydrogens is 472 g/mol. The molecule has 11 heteroatoms. The summed E-state index contributed by atoms with van der Waals surface area (Å²) in [4.78, 5) is 40.1. The molecule has 0 saturated carbocycles. The largest absolute Gasteiger partial charge is 0.456 e. The maximum Gasteiger partial charge on any atom is 0.303 e. The molecule has 1 aromatic carbocycles. The fourth-order valence-corrected chi connectivity index (χ4v) is 3.85. The van der Waals surface area contributed by atoms with E-state index in [-0.39, 0.29) is 6.61 Å². The Morgan fingerprint density at radius 2 is 1.83 bits per heavy atom. The molecule has 0 bridgehead atoms. The molecular formula is C18H18BrClN2O7. The lowest BCUT2D eigenvalue weighted by atomic mass is 10.0. The van der Waals surface area contributed by atoms with Gasteiger partial charge in [0.2, 0.25) is 0 Å². The van der Waals surface area contributed by atoms with Crippen LogP contribution in [-0.2, 0) is 33.3 Å². The van der Waals surface area contributed by atoms with Crippen LogP contribution < -0.4 is 0 Å². The zero-order valence-electron chi connectivity index (χ0n) is 17.9. The average Bonchev–Trinajstić information content (AvgIpc) is 3.09. The Morgan fingerprint density at radius 3 is 2.52 bits per heavy atom. The Labute approximate surface area is 183 Å². The van der Waals surface area contributed by atoms with Crippen LogP contribution in [0.25, 0.3) is 11.0 Å².